The quantitative estimate of drug-likeness (QED) is 0.774. The molecule has 1 atom stereocenters. The van der Waals surface area contributed by atoms with E-state index in [-0.39, 0.29) is 18.3 Å². The lowest BCUT2D eigenvalue weighted by Gasteiger charge is -2.12. The molecule has 0 spiro atoms. The third-order valence-electron chi connectivity index (χ3n) is 4.30. The Morgan fingerprint density at radius 1 is 1.15 bits per heavy atom. The minimum atomic E-state index is 0. The van der Waals surface area contributed by atoms with Gasteiger partial charge >= 0.3 is 0 Å². The molecule has 1 aliphatic rings. The average molecular weight is 377 g/mol. The van der Waals surface area contributed by atoms with E-state index in [4.69, 9.17) is 9.47 Å². The average Bonchev–Trinajstić information content (AvgIpc) is 3.14. The number of ether oxygens (including phenoxy) is 2. The maximum atomic E-state index is 12.0. The van der Waals surface area contributed by atoms with E-state index in [1.54, 1.807) is 7.11 Å². The second-order valence-corrected chi connectivity index (χ2v) is 6.17. The molecule has 0 radical (unpaired) electrons. The fourth-order valence-corrected chi connectivity index (χ4v) is 2.93. The van der Waals surface area contributed by atoms with Crippen LogP contribution in [-0.4, -0.2) is 25.6 Å². The number of carbonyl (C=O) groups is 1. The van der Waals surface area contributed by atoms with Gasteiger partial charge in [0.05, 0.1) is 7.11 Å². The molecule has 1 saturated heterocycles. The van der Waals surface area contributed by atoms with Crippen molar-refractivity contribution in [1.82, 2.24) is 10.6 Å². The molecular weight excluding hydrogens is 352 g/mol. The van der Waals surface area contributed by atoms with Crippen molar-refractivity contribution in [3.8, 4) is 17.2 Å². The summed E-state index contributed by atoms with van der Waals surface area (Å²) in [7, 11) is 1.62. The highest BCUT2D eigenvalue weighted by Crippen LogP contribution is 2.30. The predicted octanol–water partition coefficient (Wildman–Crippen LogP) is 3.67. The summed E-state index contributed by atoms with van der Waals surface area (Å²) < 4.78 is 11.1. The van der Waals surface area contributed by atoms with Crippen molar-refractivity contribution in [3.05, 3.63) is 54.1 Å². The van der Waals surface area contributed by atoms with E-state index < -0.39 is 0 Å². The Bertz CT molecular complexity index is 700. The summed E-state index contributed by atoms with van der Waals surface area (Å²) in [4.78, 5) is 12.0. The molecule has 0 saturated carbocycles. The Morgan fingerprint density at radius 3 is 2.54 bits per heavy atom. The number of benzene rings is 2. The zero-order valence-electron chi connectivity index (χ0n) is 14.9. The molecule has 2 N–H and O–H groups in total. The zero-order chi connectivity index (χ0) is 17.5. The van der Waals surface area contributed by atoms with E-state index in [9.17, 15) is 4.79 Å². The van der Waals surface area contributed by atoms with Crippen LogP contribution in [0.2, 0.25) is 0 Å². The number of hydrogen-bond donors (Lipinski definition) is 2. The second kappa shape index (κ2) is 10.0. The monoisotopic (exact) mass is 376 g/mol. The van der Waals surface area contributed by atoms with Crippen LogP contribution in [0.3, 0.4) is 0 Å². The van der Waals surface area contributed by atoms with Crippen molar-refractivity contribution in [2.75, 3.05) is 13.7 Å². The van der Waals surface area contributed by atoms with Gasteiger partial charge in [0, 0.05) is 19.0 Å². The van der Waals surface area contributed by atoms with Crippen molar-refractivity contribution in [3.63, 3.8) is 0 Å². The van der Waals surface area contributed by atoms with Crippen molar-refractivity contribution < 1.29 is 14.3 Å². The SMILES string of the molecule is COc1ccccc1Oc1ccc(CNC(=O)CC2CCCN2)cc1.Cl. The van der Waals surface area contributed by atoms with E-state index in [1.165, 1.54) is 0 Å². The van der Waals surface area contributed by atoms with Gasteiger partial charge in [0.2, 0.25) is 5.91 Å². The van der Waals surface area contributed by atoms with Crippen LogP contribution in [0.15, 0.2) is 48.5 Å². The summed E-state index contributed by atoms with van der Waals surface area (Å²) in [5, 5.41) is 6.31. The fraction of sp³-hybridized carbons (Fsp3) is 0.350. The third kappa shape index (κ3) is 5.64. The van der Waals surface area contributed by atoms with E-state index in [0.717, 1.165) is 30.7 Å². The first kappa shape index (κ1) is 20.1. The molecule has 0 bridgehead atoms. The van der Waals surface area contributed by atoms with Crippen molar-refractivity contribution in [2.45, 2.75) is 31.8 Å². The van der Waals surface area contributed by atoms with Gasteiger partial charge in [-0.15, -0.1) is 12.4 Å². The molecule has 1 amide bonds. The molecule has 2 aromatic rings. The molecule has 0 aliphatic carbocycles. The Hall–Kier alpha value is -2.24. The first-order valence-corrected chi connectivity index (χ1v) is 8.64. The highest BCUT2D eigenvalue weighted by Gasteiger charge is 2.17. The maximum Gasteiger partial charge on any atom is 0.221 e. The topological polar surface area (TPSA) is 59.6 Å². The van der Waals surface area contributed by atoms with Gasteiger partial charge in [-0.1, -0.05) is 24.3 Å². The Labute approximate surface area is 160 Å². The van der Waals surface area contributed by atoms with Gasteiger partial charge in [-0.3, -0.25) is 4.79 Å². The summed E-state index contributed by atoms with van der Waals surface area (Å²) in [6, 6.07) is 15.6. The van der Waals surface area contributed by atoms with E-state index in [0.29, 0.717) is 30.5 Å². The molecule has 1 fully saturated rings. The molecule has 3 rings (SSSR count). The normalized spacial score (nSPS) is 15.8. The number of amides is 1. The van der Waals surface area contributed by atoms with Crippen molar-refractivity contribution >= 4 is 18.3 Å². The van der Waals surface area contributed by atoms with Crippen LogP contribution < -0.4 is 20.1 Å². The van der Waals surface area contributed by atoms with Crippen LogP contribution in [0.4, 0.5) is 0 Å². The standard InChI is InChI=1S/C20H24N2O3.ClH/c1-24-18-6-2-3-7-19(18)25-17-10-8-15(9-11-17)14-22-20(23)13-16-5-4-12-21-16;/h2-3,6-11,16,21H,4-5,12-14H2,1H3,(H,22,23);1H. The number of rotatable bonds is 7. The highest BCUT2D eigenvalue weighted by atomic mass is 35.5. The highest BCUT2D eigenvalue weighted by molar-refractivity contribution is 5.85. The van der Waals surface area contributed by atoms with Gasteiger partial charge in [-0.25, -0.2) is 0 Å². The van der Waals surface area contributed by atoms with Crippen LogP contribution in [0.25, 0.3) is 0 Å². The third-order valence-corrected chi connectivity index (χ3v) is 4.30. The Kier molecular flexibility index (Phi) is 7.75. The smallest absolute Gasteiger partial charge is 0.221 e. The number of para-hydroxylation sites is 2. The largest absolute Gasteiger partial charge is 0.493 e. The van der Waals surface area contributed by atoms with Crippen LogP contribution in [0.1, 0.15) is 24.8 Å². The lowest BCUT2D eigenvalue weighted by atomic mass is 10.1. The summed E-state index contributed by atoms with van der Waals surface area (Å²) in [5.74, 6) is 2.19. The van der Waals surface area contributed by atoms with Crippen LogP contribution >= 0.6 is 12.4 Å². The van der Waals surface area contributed by atoms with Gasteiger partial charge in [-0.2, -0.15) is 0 Å². The number of methoxy groups -OCH3 is 1. The minimum absolute atomic E-state index is 0. The lowest BCUT2D eigenvalue weighted by molar-refractivity contribution is -0.121. The fourth-order valence-electron chi connectivity index (χ4n) is 2.93. The summed E-state index contributed by atoms with van der Waals surface area (Å²) >= 11 is 0. The Balaban J connectivity index is 0.00000243. The van der Waals surface area contributed by atoms with Crippen molar-refractivity contribution in [2.24, 2.45) is 0 Å². The minimum Gasteiger partial charge on any atom is -0.493 e. The second-order valence-electron chi connectivity index (χ2n) is 6.17. The van der Waals surface area contributed by atoms with Gasteiger partial charge in [0.15, 0.2) is 11.5 Å². The summed E-state index contributed by atoms with van der Waals surface area (Å²) in [6.45, 7) is 1.55. The molecule has 26 heavy (non-hydrogen) atoms. The van der Waals surface area contributed by atoms with Gasteiger partial charge < -0.3 is 20.1 Å². The molecule has 0 aromatic heterocycles. The van der Waals surface area contributed by atoms with E-state index in [2.05, 4.69) is 10.6 Å². The first-order valence-electron chi connectivity index (χ1n) is 8.64. The van der Waals surface area contributed by atoms with Gasteiger partial charge in [0.1, 0.15) is 5.75 Å². The van der Waals surface area contributed by atoms with Gasteiger partial charge in [0.25, 0.3) is 0 Å². The van der Waals surface area contributed by atoms with E-state index in [1.807, 2.05) is 48.5 Å². The lowest BCUT2D eigenvalue weighted by Crippen LogP contribution is -2.31. The number of carbonyl (C=O) groups excluding carboxylic acids is 1. The van der Waals surface area contributed by atoms with Crippen LogP contribution in [0, 0.1) is 0 Å². The number of nitrogens with one attached hydrogen (secondary N) is 2. The summed E-state index contributed by atoms with van der Waals surface area (Å²) in [5.41, 5.74) is 1.04. The Morgan fingerprint density at radius 2 is 1.88 bits per heavy atom. The molecule has 1 unspecified atom stereocenters. The van der Waals surface area contributed by atoms with Crippen LogP contribution in [-0.2, 0) is 11.3 Å². The van der Waals surface area contributed by atoms with Crippen molar-refractivity contribution in [1.29, 1.82) is 0 Å². The van der Waals surface area contributed by atoms with Crippen LogP contribution in [0.5, 0.6) is 17.2 Å². The van der Waals surface area contributed by atoms with Gasteiger partial charge in [-0.05, 0) is 49.2 Å². The molecule has 2 aromatic carbocycles. The molecule has 5 nitrogen and oxygen atoms in total. The predicted molar refractivity (Wildman–Crippen MR) is 104 cm³/mol. The molecular formula is C20H25ClN2O3. The number of halogens is 1. The number of hydrogen-bond acceptors (Lipinski definition) is 4. The molecule has 1 aliphatic heterocycles. The molecule has 6 heteroatoms. The maximum absolute atomic E-state index is 12.0. The summed E-state index contributed by atoms with van der Waals surface area (Å²) in [6.07, 6.45) is 2.79. The zero-order valence-corrected chi connectivity index (χ0v) is 15.7. The van der Waals surface area contributed by atoms with E-state index >= 15 is 0 Å². The first-order chi connectivity index (χ1) is 12.2. The molecule has 1 heterocycles. The molecule has 140 valence electrons.